The van der Waals surface area contributed by atoms with E-state index in [9.17, 15) is 9.59 Å². The van der Waals surface area contributed by atoms with E-state index in [-0.39, 0.29) is 12.2 Å². The Morgan fingerprint density at radius 2 is 2.10 bits per heavy atom. The van der Waals surface area contributed by atoms with Crippen molar-refractivity contribution in [3.8, 4) is 5.75 Å². The minimum atomic E-state index is -0.713. The van der Waals surface area contributed by atoms with Crippen LogP contribution >= 0.6 is 11.3 Å². The summed E-state index contributed by atoms with van der Waals surface area (Å²) >= 11 is 1.24. The van der Waals surface area contributed by atoms with E-state index in [0.29, 0.717) is 37.7 Å². The second-order valence-electron chi connectivity index (χ2n) is 6.56. The number of aromatic nitrogens is 1. The predicted molar refractivity (Wildman–Crippen MR) is 112 cm³/mol. The van der Waals surface area contributed by atoms with Crippen LogP contribution in [0.1, 0.15) is 31.2 Å². The van der Waals surface area contributed by atoms with Gasteiger partial charge in [0, 0.05) is 11.6 Å². The Hall–Kier alpha value is -3.39. The fourth-order valence-corrected chi connectivity index (χ4v) is 4.51. The van der Waals surface area contributed by atoms with Gasteiger partial charge >= 0.3 is 5.97 Å². The van der Waals surface area contributed by atoms with Crippen molar-refractivity contribution >= 4 is 23.4 Å². The summed E-state index contributed by atoms with van der Waals surface area (Å²) in [5, 5.41) is 0. The minimum absolute atomic E-state index is 0.219. The van der Waals surface area contributed by atoms with Crippen LogP contribution in [0.4, 0.5) is 0 Å². The number of allylic oxidation sites excluding steroid dienone is 1. The summed E-state index contributed by atoms with van der Waals surface area (Å²) < 4.78 is 18.2. The van der Waals surface area contributed by atoms with Crippen molar-refractivity contribution in [3.05, 3.63) is 84.9 Å². The number of benzene rings is 1. The maximum absolute atomic E-state index is 13.4. The van der Waals surface area contributed by atoms with Crippen LogP contribution in [0.3, 0.4) is 0 Å². The largest absolute Gasteiger partial charge is 0.496 e. The Balaban J connectivity index is 2.01. The monoisotopic (exact) mass is 424 g/mol. The standard InChI is InChI=1S/C22H20N2O5S/c1-4-28-21(26)18-13(2)23-22-24(19(18)15-9-5-6-10-16(15)27-3)20(25)17(30-22)12-14-8-7-11-29-14/h5-12,19H,4H2,1-3H3/t19-/m1/s1. The highest BCUT2D eigenvalue weighted by molar-refractivity contribution is 7.07. The minimum Gasteiger partial charge on any atom is -0.496 e. The molecule has 1 aliphatic heterocycles. The Morgan fingerprint density at radius 3 is 2.80 bits per heavy atom. The van der Waals surface area contributed by atoms with Gasteiger partial charge in [-0.3, -0.25) is 9.36 Å². The van der Waals surface area contributed by atoms with Gasteiger partial charge in [0.15, 0.2) is 4.80 Å². The number of thiazole rings is 1. The third-order valence-corrected chi connectivity index (χ3v) is 5.75. The molecule has 0 radical (unpaired) electrons. The molecule has 0 bridgehead atoms. The molecular weight excluding hydrogens is 404 g/mol. The summed E-state index contributed by atoms with van der Waals surface area (Å²) in [6.45, 7) is 3.71. The van der Waals surface area contributed by atoms with Crippen molar-refractivity contribution in [3.63, 3.8) is 0 Å². The predicted octanol–water partition coefficient (Wildman–Crippen LogP) is 2.40. The molecule has 8 heteroatoms. The van der Waals surface area contributed by atoms with Crippen molar-refractivity contribution in [2.75, 3.05) is 13.7 Å². The highest BCUT2D eigenvalue weighted by Gasteiger charge is 2.34. The van der Waals surface area contributed by atoms with Gasteiger partial charge in [-0.2, -0.15) is 0 Å². The van der Waals surface area contributed by atoms with Crippen LogP contribution in [0.5, 0.6) is 5.75 Å². The fraction of sp³-hybridized carbons (Fsp3) is 0.227. The van der Waals surface area contributed by atoms with Crippen molar-refractivity contribution in [2.45, 2.75) is 19.9 Å². The Bertz CT molecular complexity index is 1300. The molecule has 3 aromatic rings. The van der Waals surface area contributed by atoms with E-state index in [1.165, 1.54) is 15.9 Å². The molecule has 30 heavy (non-hydrogen) atoms. The number of methoxy groups -OCH3 is 1. The smallest absolute Gasteiger partial charge is 0.338 e. The van der Waals surface area contributed by atoms with Crippen molar-refractivity contribution in [1.82, 2.24) is 4.57 Å². The first-order valence-electron chi connectivity index (χ1n) is 9.41. The summed E-state index contributed by atoms with van der Waals surface area (Å²) in [7, 11) is 1.56. The lowest BCUT2D eigenvalue weighted by Crippen LogP contribution is -2.40. The summed E-state index contributed by atoms with van der Waals surface area (Å²) in [4.78, 5) is 31.3. The van der Waals surface area contributed by atoms with Gasteiger partial charge in [0.25, 0.3) is 5.56 Å². The third-order valence-electron chi connectivity index (χ3n) is 4.77. The number of hydrogen-bond acceptors (Lipinski definition) is 7. The highest BCUT2D eigenvalue weighted by Crippen LogP contribution is 2.35. The molecule has 0 spiro atoms. The van der Waals surface area contributed by atoms with Crippen LogP contribution in [0.25, 0.3) is 6.08 Å². The van der Waals surface area contributed by atoms with E-state index in [1.54, 1.807) is 51.5 Å². The molecule has 2 aromatic heterocycles. The first-order chi connectivity index (χ1) is 14.5. The molecule has 0 N–H and O–H groups in total. The molecule has 0 amide bonds. The van der Waals surface area contributed by atoms with Crippen molar-refractivity contribution < 1.29 is 18.7 Å². The fourth-order valence-electron chi connectivity index (χ4n) is 3.48. The van der Waals surface area contributed by atoms with Crippen LogP contribution in [-0.4, -0.2) is 24.3 Å². The van der Waals surface area contributed by atoms with Crippen LogP contribution in [-0.2, 0) is 9.53 Å². The van der Waals surface area contributed by atoms with E-state index in [1.807, 2.05) is 18.2 Å². The van der Waals surface area contributed by atoms with Gasteiger partial charge in [-0.25, -0.2) is 9.79 Å². The maximum Gasteiger partial charge on any atom is 0.338 e. The average Bonchev–Trinajstić information content (AvgIpc) is 3.35. The number of esters is 1. The molecule has 1 aliphatic rings. The molecular formula is C22H20N2O5S. The van der Waals surface area contributed by atoms with E-state index in [4.69, 9.17) is 13.9 Å². The first kappa shape index (κ1) is 19.9. The maximum atomic E-state index is 13.4. The number of para-hydroxylation sites is 1. The Labute approximate surface area is 176 Å². The number of rotatable bonds is 5. The van der Waals surface area contributed by atoms with Crippen LogP contribution < -0.4 is 19.6 Å². The van der Waals surface area contributed by atoms with Crippen molar-refractivity contribution in [1.29, 1.82) is 0 Å². The molecule has 0 saturated carbocycles. The number of carbonyl (C=O) groups excluding carboxylic acids is 1. The SMILES string of the molecule is CCOC(=O)C1=C(C)N=c2sc(=Cc3ccco3)c(=O)n2[C@@H]1c1ccccc1OC. The number of furan rings is 1. The van der Waals surface area contributed by atoms with Gasteiger partial charge in [-0.05, 0) is 32.0 Å². The van der Waals surface area contributed by atoms with Gasteiger partial charge < -0.3 is 13.9 Å². The summed E-state index contributed by atoms with van der Waals surface area (Å²) in [6.07, 6.45) is 3.22. The number of nitrogens with zero attached hydrogens (tertiary/aromatic N) is 2. The number of ether oxygens (including phenoxy) is 2. The molecule has 0 fully saturated rings. The third kappa shape index (κ3) is 3.39. The zero-order chi connectivity index (χ0) is 21.3. The first-order valence-corrected chi connectivity index (χ1v) is 10.2. The van der Waals surface area contributed by atoms with Gasteiger partial charge in [-0.15, -0.1) is 0 Å². The van der Waals surface area contributed by atoms with Gasteiger partial charge in [-0.1, -0.05) is 29.5 Å². The normalized spacial score (nSPS) is 16.2. The van der Waals surface area contributed by atoms with E-state index < -0.39 is 12.0 Å². The van der Waals surface area contributed by atoms with Crippen molar-refractivity contribution in [2.24, 2.45) is 4.99 Å². The quantitative estimate of drug-likeness (QED) is 0.588. The molecule has 0 unspecified atom stereocenters. The number of carbonyl (C=O) groups is 1. The number of hydrogen-bond donors (Lipinski definition) is 0. The van der Waals surface area contributed by atoms with Gasteiger partial charge in [0.2, 0.25) is 0 Å². The molecule has 3 heterocycles. The lowest BCUT2D eigenvalue weighted by Gasteiger charge is -2.25. The molecule has 1 atom stereocenters. The van der Waals surface area contributed by atoms with Gasteiger partial charge in [0.05, 0.1) is 35.8 Å². The van der Waals surface area contributed by atoms with E-state index >= 15 is 0 Å². The lowest BCUT2D eigenvalue weighted by molar-refractivity contribution is -0.139. The number of fused-ring (bicyclic) bond motifs is 1. The molecule has 0 saturated heterocycles. The average molecular weight is 424 g/mol. The lowest BCUT2D eigenvalue weighted by atomic mass is 9.95. The molecule has 0 aliphatic carbocycles. The molecule has 1 aromatic carbocycles. The second kappa shape index (κ2) is 8.16. The Kier molecular flexibility index (Phi) is 5.41. The second-order valence-corrected chi connectivity index (χ2v) is 7.57. The zero-order valence-corrected chi connectivity index (χ0v) is 17.6. The van der Waals surface area contributed by atoms with Gasteiger partial charge in [0.1, 0.15) is 17.6 Å². The summed E-state index contributed by atoms with van der Waals surface area (Å²) in [6, 6.07) is 10.1. The molecule has 4 rings (SSSR count). The topological polar surface area (TPSA) is 83.0 Å². The zero-order valence-electron chi connectivity index (χ0n) is 16.7. The molecule has 7 nitrogen and oxygen atoms in total. The van der Waals surface area contributed by atoms with Crippen LogP contribution in [0.2, 0.25) is 0 Å². The molecule has 154 valence electrons. The Morgan fingerprint density at radius 1 is 1.30 bits per heavy atom. The van der Waals surface area contributed by atoms with Crippen LogP contribution in [0, 0.1) is 0 Å². The highest BCUT2D eigenvalue weighted by atomic mass is 32.1. The summed E-state index contributed by atoms with van der Waals surface area (Å²) in [5.74, 6) is 0.630. The van der Waals surface area contributed by atoms with E-state index in [2.05, 4.69) is 4.99 Å². The van der Waals surface area contributed by atoms with E-state index in [0.717, 1.165) is 0 Å². The summed E-state index contributed by atoms with van der Waals surface area (Å²) in [5.41, 5.74) is 1.25. The van der Waals surface area contributed by atoms with Crippen LogP contribution in [0.15, 0.2) is 68.1 Å².